The first-order chi connectivity index (χ1) is 35.2. The molecule has 71 heavy (non-hydrogen) atoms. The third kappa shape index (κ3) is 6.49. The van der Waals surface area contributed by atoms with Gasteiger partial charge in [-0.3, -0.25) is 0 Å². The van der Waals surface area contributed by atoms with Crippen molar-refractivity contribution in [1.82, 2.24) is 4.57 Å². The molecule has 1 heterocycles. The van der Waals surface area contributed by atoms with Crippen molar-refractivity contribution in [2.45, 2.75) is 5.41 Å². The van der Waals surface area contributed by atoms with Crippen LogP contribution in [0.1, 0.15) is 22.3 Å². The predicted molar refractivity (Wildman–Crippen MR) is 299 cm³/mol. The van der Waals surface area contributed by atoms with E-state index in [1.165, 1.54) is 93.5 Å². The average molecular weight is 903 g/mol. The van der Waals surface area contributed by atoms with Gasteiger partial charge in [-0.15, -0.1) is 0 Å². The van der Waals surface area contributed by atoms with Crippen molar-refractivity contribution in [3.8, 4) is 39.1 Å². The summed E-state index contributed by atoms with van der Waals surface area (Å²) in [5.74, 6) is 0. The van der Waals surface area contributed by atoms with Crippen molar-refractivity contribution in [3.05, 3.63) is 301 Å². The molecular weight excluding hydrogens is 857 g/mol. The van der Waals surface area contributed by atoms with Gasteiger partial charge in [-0.05, 0) is 139 Å². The Kier molecular flexibility index (Phi) is 9.47. The van der Waals surface area contributed by atoms with Gasteiger partial charge >= 0.3 is 0 Å². The lowest BCUT2D eigenvalue weighted by molar-refractivity contribution is 0.768. The second-order valence-electron chi connectivity index (χ2n) is 18.8. The fourth-order valence-electron chi connectivity index (χ4n) is 11.9. The van der Waals surface area contributed by atoms with E-state index in [4.69, 9.17) is 0 Å². The molecule has 332 valence electrons. The van der Waals surface area contributed by atoms with Gasteiger partial charge in [-0.25, -0.2) is 0 Å². The second kappa shape index (κ2) is 16.5. The van der Waals surface area contributed by atoms with Crippen molar-refractivity contribution < 1.29 is 0 Å². The van der Waals surface area contributed by atoms with E-state index in [0.717, 1.165) is 28.2 Å². The normalized spacial score (nSPS) is 12.6. The Bertz CT molecular complexity index is 4140. The summed E-state index contributed by atoms with van der Waals surface area (Å²) in [4.78, 5) is 2.45. The predicted octanol–water partition coefficient (Wildman–Crippen LogP) is 18.3. The molecular formula is C69H46N2. The summed E-state index contributed by atoms with van der Waals surface area (Å²) >= 11 is 0. The number of benzene rings is 12. The minimum Gasteiger partial charge on any atom is -0.310 e. The average Bonchev–Trinajstić information content (AvgIpc) is 3.94. The van der Waals surface area contributed by atoms with Gasteiger partial charge in [-0.2, -0.15) is 0 Å². The van der Waals surface area contributed by atoms with Crippen molar-refractivity contribution in [2.24, 2.45) is 0 Å². The third-order valence-electron chi connectivity index (χ3n) is 15.0. The molecule has 0 bridgehead atoms. The molecule has 12 aromatic carbocycles. The second-order valence-corrected chi connectivity index (χ2v) is 18.8. The molecule has 0 atom stereocenters. The number of aromatic nitrogens is 1. The Labute approximate surface area is 413 Å². The first-order valence-corrected chi connectivity index (χ1v) is 24.6. The first-order valence-electron chi connectivity index (χ1n) is 24.6. The van der Waals surface area contributed by atoms with Crippen LogP contribution in [-0.4, -0.2) is 4.57 Å². The Hall–Kier alpha value is -9.24. The number of hydrogen-bond acceptors (Lipinski definition) is 1. The minimum atomic E-state index is -0.518. The molecule has 1 aliphatic rings. The first kappa shape index (κ1) is 40.8. The van der Waals surface area contributed by atoms with E-state index in [-0.39, 0.29) is 0 Å². The van der Waals surface area contributed by atoms with E-state index >= 15 is 0 Å². The zero-order valence-corrected chi connectivity index (χ0v) is 39.0. The van der Waals surface area contributed by atoms with Crippen LogP contribution in [0.2, 0.25) is 0 Å². The summed E-state index contributed by atoms with van der Waals surface area (Å²) in [7, 11) is 0. The zero-order valence-electron chi connectivity index (χ0n) is 39.0. The van der Waals surface area contributed by atoms with Crippen LogP contribution in [-0.2, 0) is 5.41 Å². The fourth-order valence-corrected chi connectivity index (χ4v) is 11.9. The summed E-state index contributed by atoms with van der Waals surface area (Å²) < 4.78 is 2.43. The zero-order chi connectivity index (χ0) is 46.9. The highest BCUT2D eigenvalue weighted by molar-refractivity contribution is 6.12. The van der Waals surface area contributed by atoms with Crippen LogP contribution in [0.25, 0.3) is 82.4 Å². The van der Waals surface area contributed by atoms with Gasteiger partial charge in [0, 0.05) is 33.2 Å². The number of nitrogens with zero attached hydrogens (tertiary/aromatic N) is 2. The van der Waals surface area contributed by atoms with Crippen LogP contribution in [0.5, 0.6) is 0 Å². The lowest BCUT2D eigenvalue weighted by Gasteiger charge is -2.35. The molecule has 0 N–H and O–H groups in total. The van der Waals surface area contributed by atoms with Crippen LogP contribution >= 0.6 is 0 Å². The summed E-state index contributed by atoms with van der Waals surface area (Å²) in [6, 6.07) is 103. The molecule has 0 spiro atoms. The smallest absolute Gasteiger partial charge is 0.0714 e. The maximum absolute atomic E-state index is 2.46. The highest BCUT2D eigenvalue weighted by atomic mass is 15.1. The highest BCUT2D eigenvalue weighted by Crippen LogP contribution is 2.57. The lowest BCUT2D eigenvalue weighted by Crippen LogP contribution is -2.28. The van der Waals surface area contributed by atoms with E-state index < -0.39 is 5.41 Å². The number of rotatable bonds is 8. The van der Waals surface area contributed by atoms with Gasteiger partial charge in [0.2, 0.25) is 0 Å². The molecule has 0 fully saturated rings. The minimum absolute atomic E-state index is 0.518. The van der Waals surface area contributed by atoms with Gasteiger partial charge in [0.25, 0.3) is 0 Å². The summed E-state index contributed by atoms with van der Waals surface area (Å²) in [5, 5.41) is 7.38. The molecule has 2 heteroatoms. The summed E-state index contributed by atoms with van der Waals surface area (Å²) in [6.45, 7) is 0. The molecule has 1 aromatic heterocycles. The van der Waals surface area contributed by atoms with Crippen LogP contribution in [0.15, 0.2) is 279 Å². The molecule has 0 saturated heterocycles. The molecule has 1 aliphatic carbocycles. The number of anilines is 3. The van der Waals surface area contributed by atoms with Gasteiger partial charge < -0.3 is 9.47 Å². The van der Waals surface area contributed by atoms with Crippen molar-refractivity contribution in [1.29, 1.82) is 0 Å². The molecule has 13 aromatic rings. The monoisotopic (exact) mass is 902 g/mol. The summed E-state index contributed by atoms with van der Waals surface area (Å²) in [6.07, 6.45) is 0. The molecule has 0 amide bonds. The van der Waals surface area contributed by atoms with Crippen molar-refractivity contribution >= 4 is 60.4 Å². The molecule has 0 radical (unpaired) electrons. The fraction of sp³-hybridized carbons (Fsp3) is 0.0145. The number of para-hydroxylation sites is 1. The Morgan fingerprint density at radius 2 is 0.831 bits per heavy atom. The van der Waals surface area contributed by atoms with Crippen LogP contribution < -0.4 is 4.90 Å². The van der Waals surface area contributed by atoms with Gasteiger partial charge in [0.05, 0.1) is 22.1 Å². The van der Waals surface area contributed by atoms with Crippen molar-refractivity contribution in [3.63, 3.8) is 0 Å². The van der Waals surface area contributed by atoms with E-state index in [2.05, 4.69) is 289 Å². The Morgan fingerprint density at radius 1 is 0.282 bits per heavy atom. The van der Waals surface area contributed by atoms with E-state index in [1.807, 2.05) is 0 Å². The van der Waals surface area contributed by atoms with E-state index in [1.54, 1.807) is 0 Å². The maximum Gasteiger partial charge on any atom is 0.0714 e. The van der Waals surface area contributed by atoms with Crippen LogP contribution in [0.4, 0.5) is 17.1 Å². The van der Waals surface area contributed by atoms with E-state index in [0.29, 0.717) is 0 Å². The third-order valence-corrected chi connectivity index (χ3v) is 15.0. The summed E-state index contributed by atoms with van der Waals surface area (Å²) in [5.41, 5.74) is 18.7. The van der Waals surface area contributed by atoms with E-state index in [9.17, 15) is 0 Å². The molecule has 0 aliphatic heterocycles. The lowest BCUT2D eigenvalue weighted by atomic mass is 9.67. The quantitative estimate of drug-likeness (QED) is 0.147. The van der Waals surface area contributed by atoms with Gasteiger partial charge in [0.1, 0.15) is 0 Å². The Balaban J connectivity index is 0.911. The largest absolute Gasteiger partial charge is 0.310 e. The standard InChI is InChI=1S/C69H46N2/c1-3-25-54(26-4-1)69(55-27-5-2-6-28-55)64-33-13-11-31-60(64)61-40-39-58(46-65(61)69)70(57-38-36-47-18-7-8-20-51(47)43-57)56-29-16-24-52(44-56)49-22-15-23-50(42-49)53-37-41-68-63(45-53)62-32-12-14-34-67(62)71(68)66-35-17-21-48-19-9-10-30-59(48)66/h1-46H. The van der Waals surface area contributed by atoms with Crippen molar-refractivity contribution in [2.75, 3.05) is 4.90 Å². The number of hydrogen-bond donors (Lipinski definition) is 0. The number of fused-ring (bicyclic) bond motifs is 8. The molecule has 0 unspecified atom stereocenters. The molecule has 0 saturated carbocycles. The van der Waals surface area contributed by atoms with Gasteiger partial charge in [0.15, 0.2) is 0 Å². The molecule has 14 rings (SSSR count). The maximum atomic E-state index is 2.46. The van der Waals surface area contributed by atoms with Crippen LogP contribution in [0.3, 0.4) is 0 Å². The topological polar surface area (TPSA) is 8.17 Å². The molecule has 2 nitrogen and oxygen atoms in total. The van der Waals surface area contributed by atoms with Crippen LogP contribution in [0, 0.1) is 0 Å². The SMILES string of the molecule is c1ccc(C2(c3ccccc3)c3ccccc3-c3ccc(N(c4cccc(-c5cccc(-c6ccc7c(c6)c6ccccc6n7-c6cccc7ccccc67)c5)c4)c4ccc5ccccc5c4)cc32)cc1. The van der Waals surface area contributed by atoms with Gasteiger partial charge in [-0.1, -0.05) is 212 Å². The Morgan fingerprint density at radius 3 is 1.63 bits per heavy atom. The highest BCUT2D eigenvalue weighted by Gasteiger charge is 2.46.